The van der Waals surface area contributed by atoms with E-state index in [4.69, 9.17) is 4.74 Å². The Morgan fingerprint density at radius 2 is 1.95 bits per heavy atom. The fourth-order valence-electron chi connectivity index (χ4n) is 3.89. The summed E-state index contributed by atoms with van der Waals surface area (Å²) in [5.74, 6) is 0.877. The van der Waals surface area contributed by atoms with Crippen molar-refractivity contribution in [2.75, 3.05) is 7.05 Å². The first-order valence-corrected chi connectivity index (χ1v) is 7.71. The minimum atomic E-state index is -0.0450. The predicted molar refractivity (Wildman–Crippen MR) is 82.8 cm³/mol. The molecular formula is C17H20N2O2. The first-order valence-electron chi connectivity index (χ1n) is 7.71. The van der Waals surface area contributed by atoms with Gasteiger partial charge in [-0.15, -0.1) is 0 Å². The highest BCUT2D eigenvalue weighted by molar-refractivity contribution is 5.82. The van der Waals surface area contributed by atoms with Crippen LogP contribution in [-0.4, -0.2) is 35.1 Å². The summed E-state index contributed by atoms with van der Waals surface area (Å²) in [7, 11) is 2.24. The number of H-pyrrole nitrogens is 1. The first kappa shape index (κ1) is 12.9. The van der Waals surface area contributed by atoms with Crippen LogP contribution in [0.15, 0.2) is 35.3 Å². The van der Waals surface area contributed by atoms with Gasteiger partial charge < -0.3 is 14.6 Å². The Morgan fingerprint density at radius 3 is 2.71 bits per heavy atom. The normalized spacial score (nSPS) is 28.9. The van der Waals surface area contributed by atoms with Gasteiger partial charge in [0, 0.05) is 23.7 Å². The van der Waals surface area contributed by atoms with E-state index in [1.54, 1.807) is 6.20 Å². The predicted octanol–water partition coefficient (Wildman–Crippen LogP) is 2.53. The molecule has 1 aromatic heterocycles. The number of rotatable bonds is 2. The second-order valence-electron chi connectivity index (χ2n) is 6.32. The van der Waals surface area contributed by atoms with Crippen LogP contribution in [0.1, 0.15) is 25.7 Å². The highest BCUT2D eigenvalue weighted by Gasteiger charge is 2.39. The molecule has 2 aromatic rings. The summed E-state index contributed by atoms with van der Waals surface area (Å²) in [6.45, 7) is 0. The van der Waals surface area contributed by atoms with E-state index in [0.29, 0.717) is 23.6 Å². The van der Waals surface area contributed by atoms with Crippen molar-refractivity contribution in [2.45, 2.75) is 43.9 Å². The molecule has 3 heterocycles. The molecule has 2 bridgehead atoms. The molecule has 1 N–H and O–H groups in total. The van der Waals surface area contributed by atoms with Gasteiger partial charge in [-0.05, 0) is 62.4 Å². The molecule has 0 aliphatic carbocycles. The van der Waals surface area contributed by atoms with Gasteiger partial charge in [-0.3, -0.25) is 4.79 Å². The summed E-state index contributed by atoms with van der Waals surface area (Å²) >= 11 is 0. The monoisotopic (exact) mass is 284 g/mol. The van der Waals surface area contributed by atoms with Crippen molar-refractivity contribution < 1.29 is 4.74 Å². The molecule has 4 nitrogen and oxygen atoms in total. The zero-order valence-corrected chi connectivity index (χ0v) is 12.2. The van der Waals surface area contributed by atoms with Crippen molar-refractivity contribution in [3.05, 3.63) is 40.8 Å². The number of pyridine rings is 1. The van der Waals surface area contributed by atoms with Crippen LogP contribution < -0.4 is 10.3 Å². The van der Waals surface area contributed by atoms with Crippen LogP contribution in [0.5, 0.6) is 5.75 Å². The van der Waals surface area contributed by atoms with Gasteiger partial charge in [0.15, 0.2) is 0 Å². The lowest BCUT2D eigenvalue weighted by Crippen LogP contribution is -2.43. The van der Waals surface area contributed by atoms with Crippen molar-refractivity contribution in [1.82, 2.24) is 9.88 Å². The standard InChI is InChI=1S/C17H20N2O2/c1-19-12-2-3-13(19)10-15(9-12)21-14-4-5-16-11(8-14)6-7-18-17(16)20/h4-8,12-13,15H,2-3,9-10H2,1H3,(H,18,20)/t12-,13+,15-. The van der Waals surface area contributed by atoms with E-state index in [2.05, 4.69) is 16.9 Å². The number of aromatic amines is 1. The molecule has 2 aliphatic heterocycles. The van der Waals surface area contributed by atoms with E-state index in [1.807, 2.05) is 24.3 Å². The molecule has 21 heavy (non-hydrogen) atoms. The van der Waals surface area contributed by atoms with Crippen LogP contribution in [0.3, 0.4) is 0 Å². The fraction of sp³-hybridized carbons (Fsp3) is 0.471. The number of nitrogens with zero attached hydrogens (tertiary/aromatic N) is 1. The van der Waals surface area contributed by atoms with Gasteiger partial charge in [-0.25, -0.2) is 0 Å². The zero-order chi connectivity index (χ0) is 14.4. The first-order chi connectivity index (χ1) is 10.2. The molecule has 0 amide bonds. The van der Waals surface area contributed by atoms with Gasteiger partial charge in [0.05, 0.1) is 0 Å². The highest BCUT2D eigenvalue weighted by Crippen LogP contribution is 2.36. The van der Waals surface area contributed by atoms with Crippen molar-refractivity contribution in [2.24, 2.45) is 0 Å². The molecule has 110 valence electrons. The lowest BCUT2D eigenvalue weighted by molar-refractivity contribution is 0.0662. The van der Waals surface area contributed by atoms with Gasteiger partial charge in [0.25, 0.3) is 5.56 Å². The largest absolute Gasteiger partial charge is 0.490 e. The smallest absolute Gasteiger partial charge is 0.255 e. The summed E-state index contributed by atoms with van der Waals surface area (Å²) in [6, 6.07) is 9.02. The van der Waals surface area contributed by atoms with E-state index in [-0.39, 0.29) is 5.56 Å². The Hall–Kier alpha value is -1.81. The third-order valence-corrected chi connectivity index (χ3v) is 5.10. The minimum Gasteiger partial charge on any atom is -0.490 e. The molecule has 4 rings (SSSR count). The highest BCUT2D eigenvalue weighted by atomic mass is 16.5. The lowest BCUT2D eigenvalue weighted by Gasteiger charge is -2.36. The molecule has 1 aromatic carbocycles. The van der Waals surface area contributed by atoms with Crippen LogP contribution in [0, 0.1) is 0 Å². The lowest BCUT2D eigenvalue weighted by atomic mass is 10.0. The number of nitrogens with one attached hydrogen (secondary N) is 1. The second-order valence-corrected chi connectivity index (χ2v) is 6.32. The molecule has 2 fully saturated rings. The van der Waals surface area contributed by atoms with Gasteiger partial charge in [0.2, 0.25) is 0 Å². The number of fused-ring (bicyclic) bond motifs is 3. The number of benzene rings is 1. The molecular weight excluding hydrogens is 264 g/mol. The van der Waals surface area contributed by atoms with Crippen LogP contribution in [0.4, 0.5) is 0 Å². The minimum absolute atomic E-state index is 0.0450. The maximum Gasteiger partial charge on any atom is 0.255 e. The average molecular weight is 284 g/mol. The van der Waals surface area contributed by atoms with E-state index in [0.717, 1.165) is 24.0 Å². The van der Waals surface area contributed by atoms with Crippen molar-refractivity contribution in [1.29, 1.82) is 0 Å². The Kier molecular flexibility index (Phi) is 3.00. The Bertz CT molecular complexity index is 710. The summed E-state index contributed by atoms with van der Waals surface area (Å²) in [4.78, 5) is 16.9. The van der Waals surface area contributed by atoms with Crippen molar-refractivity contribution in [3.63, 3.8) is 0 Å². The SMILES string of the molecule is CN1[C@@H]2CC[C@H]1C[C@H](Oc1ccc3c(=O)[nH]ccc3c1)C2. The van der Waals surface area contributed by atoms with Gasteiger partial charge in [0.1, 0.15) is 11.9 Å². The van der Waals surface area contributed by atoms with E-state index < -0.39 is 0 Å². The maximum absolute atomic E-state index is 11.7. The quantitative estimate of drug-likeness (QED) is 0.921. The molecule has 0 unspecified atom stereocenters. The summed E-state index contributed by atoms with van der Waals surface area (Å²) < 4.78 is 6.19. The van der Waals surface area contributed by atoms with Crippen molar-refractivity contribution in [3.8, 4) is 5.75 Å². The number of hydrogen-bond acceptors (Lipinski definition) is 3. The molecule has 0 saturated carbocycles. The number of ether oxygens (including phenoxy) is 1. The molecule has 0 radical (unpaired) electrons. The molecule has 4 heteroatoms. The Balaban J connectivity index is 1.56. The van der Waals surface area contributed by atoms with E-state index in [1.165, 1.54) is 12.8 Å². The Morgan fingerprint density at radius 1 is 1.19 bits per heavy atom. The average Bonchev–Trinajstić information content (AvgIpc) is 2.70. The third kappa shape index (κ3) is 2.23. The topological polar surface area (TPSA) is 45.3 Å². The number of aromatic nitrogens is 1. The van der Waals surface area contributed by atoms with Crippen molar-refractivity contribution >= 4 is 10.8 Å². The second kappa shape index (κ2) is 4.88. The fourth-order valence-corrected chi connectivity index (χ4v) is 3.89. The molecule has 3 atom stereocenters. The van der Waals surface area contributed by atoms with Gasteiger partial charge in [-0.1, -0.05) is 0 Å². The summed E-state index contributed by atoms with van der Waals surface area (Å²) in [6.07, 6.45) is 6.81. The van der Waals surface area contributed by atoms with Gasteiger partial charge >= 0.3 is 0 Å². The van der Waals surface area contributed by atoms with Crippen LogP contribution in [-0.2, 0) is 0 Å². The van der Waals surface area contributed by atoms with Crippen LogP contribution in [0.25, 0.3) is 10.8 Å². The van der Waals surface area contributed by atoms with Crippen LogP contribution >= 0.6 is 0 Å². The molecule has 2 aliphatic rings. The van der Waals surface area contributed by atoms with E-state index in [9.17, 15) is 4.79 Å². The van der Waals surface area contributed by atoms with Crippen LogP contribution in [0.2, 0.25) is 0 Å². The van der Waals surface area contributed by atoms with Gasteiger partial charge in [-0.2, -0.15) is 0 Å². The third-order valence-electron chi connectivity index (χ3n) is 5.10. The maximum atomic E-state index is 11.7. The Labute approximate surface area is 123 Å². The number of hydrogen-bond donors (Lipinski definition) is 1. The summed E-state index contributed by atoms with van der Waals surface area (Å²) in [5.41, 5.74) is -0.0450. The summed E-state index contributed by atoms with van der Waals surface area (Å²) in [5, 5.41) is 1.65. The number of piperidine rings is 1. The molecule has 0 spiro atoms. The van der Waals surface area contributed by atoms with E-state index >= 15 is 0 Å². The molecule has 2 saturated heterocycles. The zero-order valence-electron chi connectivity index (χ0n) is 12.2.